The van der Waals surface area contributed by atoms with Crippen LogP contribution in [0.2, 0.25) is 0 Å². The Morgan fingerprint density at radius 2 is 2.03 bits per heavy atom. The summed E-state index contributed by atoms with van der Waals surface area (Å²) in [6, 6.07) is 14.8. The van der Waals surface area contributed by atoms with E-state index in [4.69, 9.17) is 4.74 Å². The van der Waals surface area contributed by atoms with Crippen molar-refractivity contribution in [3.63, 3.8) is 0 Å². The highest BCUT2D eigenvalue weighted by atomic mass is 16.5. The SMILES string of the molecule is CC1(C)CCNc2cc(NC(=O)c3cccnc3Nc3cccc4c3COC4=O)ccc21. The van der Waals surface area contributed by atoms with Crippen molar-refractivity contribution in [2.24, 2.45) is 0 Å². The number of ether oxygens (including phenoxy) is 1. The van der Waals surface area contributed by atoms with Crippen molar-refractivity contribution in [2.75, 3.05) is 22.5 Å². The van der Waals surface area contributed by atoms with Gasteiger partial charge in [0.05, 0.1) is 11.1 Å². The number of esters is 1. The van der Waals surface area contributed by atoms with Gasteiger partial charge >= 0.3 is 5.97 Å². The molecule has 162 valence electrons. The first-order chi connectivity index (χ1) is 15.4. The normalized spacial score (nSPS) is 15.8. The topological polar surface area (TPSA) is 92.3 Å². The van der Waals surface area contributed by atoms with E-state index in [0.717, 1.165) is 24.2 Å². The summed E-state index contributed by atoms with van der Waals surface area (Å²) in [7, 11) is 0. The summed E-state index contributed by atoms with van der Waals surface area (Å²) in [5.41, 5.74) is 5.51. The van der Waals surface area contributed by atoms with E-state index < -0.39 is 0 Å². The predicted octanol–water partition coefficient (Wildman–Crippen LogP) is 4.84. The second-order valence-corrected chi connectivity index (χ2v) is 8.71. The van der Waals surface area contributed by atoms with E-state index in [9.17, 15) is 9.59 Å². The molecule has 7 heteroatoms. The molecule has 0 spiro atoms. The lowest BCUT2D eigenvalue weighted by molar-refractivity contribution is 0.0535. The number of carbonyl (C=O) groups excluding carboxylic acids is 2. The number of carbonyl (C=O) groups is 2. The van der Waals surface area contributed by atoms with Gasteiger partial charge in [0.2, 0.25) is 0 Å². The van der Waals surface area contributed by atoms with Gasteiger partial charge in [0.1, 0.15) is 12.4 Å². The number of aromatic nitrogens is 1. The van der Waals surface area contributed by atoms with Gasteiger partial charge in [-0.25, -0.2) is 9.78 Å². The van der Waals surface area contributed by atoms with Gasteiger partial charge in [-0.1, -0.05) is 26.0 Å². The number of nitrogens with zero attached hydrogens (tertiary/aromatic N) is 1. The van der Waals surface area contributed by atoms with Crippen LogP contribution >= 0.6 is 0 Å². The van der Waals surface area contributed by atoms with E-state index in [1.54, 1.807) is 30.5 Å². The summed E-state index contributed by atoms with van der Waals surface area (Å²) in [5, 5.41) is 9.62. The van der Waals surface area contributed by atoms with Crippen LogP contribution < -0.4 is 16.0 Å². The minimum atomic E-state index is -0.341. The number of fused-ring (bicyclic) bond motifs is 2. The largest absolute Gasteiger partial charge is 0.457 e. The average molecular weight is 428 g/mol. The Balaban J connectivity index is 1.40. The molecule has 0 bridgehead atoms. The summed E-state index contributed by atoms with van der Waals surface area (Å²) < 4.78 is 5.13. The molecule has 0 unspecified atom stereocenters. The fourth-order valence-electron chi connectivity index (χ4n) is 4.28. The van der Waals surface area contributed by atoms with E-state index in [0.29, 0.717) is 28.3 Å². The molecule has 0 radical (unpaired) electrons. The number of rotatable bonds is 4. The van der Waals surface area contributed by atoms with E-state index in [1.807, 2.05) is 18.2 Å². The quantitative estimate of drug-likeness (QED) is 0.515. The van der Waals surface area contributed by atoms with Crippen molar-refractivity contribution >= 4 is 34.8 Å². The second-order valence-electron chi connectivity index (χ2n) is 8.71. The Hall–Kier alpha value is -3.87. The molecule has 2 aromatic carbocycles. The fourth-order valence-corrected chi connectivity index (χ4v) is 4.28. The fraction of sp³-hybridized carbons (Fsp3) is 0.240. The molecule has 3 heterocycles. The Morgan fingerprint density at radius 1 is 1.16 bits per heavy atom. The molecule has 1 amide bonds. The van der Waals surface area contributed by atoms with Crippen LogP contribution in [-0.2, 0) is 16.8 Å². The van der Waals surface area contributed by atoms with Crippen LogP contribution in [-0.4, -0.2) is 23.4 Å². The highest BCUT2D eigenvalue weighted by Gasteiger charge is 2.28. The van der Waals surface area contributed by atoms with Gasteiger partial charge in [0.15, 0.2) is 0 Å². The van der Waals surface area contributed by atoms with Crippen LogP contribution in [0.4, 0.5) is 22.9 Å². The molecule has 0 fully saturated rings. The number of hydrogen-bond donors (Lipinski definition) is 3. The Labute approximate surface area is 186 Å². The molecule has 2 aliphatic heterocycles. The number of amides is 1. The second kappa shape index (κ2) is 7.67. The summed E-state index contributed by atoms with van der Waals surface area (Å²) in [4.78, 5) is 29.3. The molecule has 0 atom stereocenters. The van der Waals surface area contributed by atoms with E-state index in [2.05, 4.69) is 40.8 Å². The third-order valence-corrected chi connectivity index (χ3v) is 6.12. The molecule has 7 nitrogen and oxygen atoms in total. The van der Waals surface area contributed by atoms with Crippen LogP contribution in [0, 0.1) is 0 Å². The summed E-state index contributed by atoms with van der Waals surface area (Å²) in [5.74, 6) is -0.197. The van der Waals surface area contributed by atoms with Gasteiger partial charge in [-0.05, 0) is 53.8 Å². The predicted molar refractivity (Wildman–Crippen MR) is 124 cm³/mol. The van der Waals surface area contributed by atoms with Gasteiger partial charge in [-0.2, -0.15) is 0 Å². The third-order valence-electron chi connectivity index (χ3n) is 6.12. The van der Waals surface area contributed by atoms with E-state index in [1.165, 1.54) is 5.56 Å². The van der Waals surface area contributed by atoms with Crippen molar-refractivity contribution in [3.8, 4) is 0 Å². The number of hydrogen-bond acceptors (Lipinski definition) is 6. The first-order valence-electron chi connectivity index (χ1n) is 10.6. The van der Waals surface area contributed by atoms with Crippen LogP contribution in [0.3, 0.4) is 0 Å². The van der Waals surface area contributed by atoms with Crippen molar-refractivity contribution in [1.29, 1.82) is 0 Å². The van der Waals surface area contributed by atoms with Crippen molar-refractivity contribution in [2.45, 2.75) is 32.3 Å². The lowest BCUT2D eigenvalue weighted by Crippen LogP contribution is -2.28. The minimum Gasteiger partial charge on any atom is -0.457 e. The number of benzene rings is 2. The first-order valence-corrected chi connectivity index (χ1v) is 10.6. The summed E-state index contributed by atoms with van der Waals surface area (Å²) >= 11 is 0. The number of pyridine rings is 1. The lowest BCUT2D eigenvalue weighted by Gasteiger charge is -2.33. The van der Waals surface area contributed by atoms with Gasteiger partial charge < -0.3 is 20.7 Å². The number of nitrogens with one attached hydrogen (secondary N) is 3. The maximum atomic E-state index is 13.1. The molecule has 32 heavy (non-hydrogen) atoms. The maximum Gasteiger partial charge on any atom is 0.338 e. The molecule has 0 saturated carbocycles. The molecule has 5 rings (SSSR count). The first kappa shape index (κ1) is 20.1. The smallest absolute Gasteiger partial charge is 0.338 e. The van der Waals surface area contributed by atoms with Crippen molar-refractivity contribution < 1.29 is 14.3 Å². The monoisotopic (exact) mass is 428 g/mol. The molecule has 1 aromatic heterocycles. The van der Waals surface area contributed by atoms with Crippen molar-refractivity contribution in [1.82, 2.24) is 4.98 Å². The summed E-state index contributed by atoms with van der Waals surface area (Å²) in [6.45, 7) is 5.57. The zero-order valence-corrected chi connectivity index (χ0v) is 18.0. The van der Waals surface area contributed by atoms with Gasteiger partial charge in [0.25, 0.3) is 5.91 Å². The molecule has 0 aliphatic carbocycles. The lowest BCUT2D eigenvalue weighted by atomic mass is 9.78. The van der Waals surface area contributed by atoms with Crippen LogP contribution in [0.25, 0.3) is 0 Å². The molecular formula is C25H24N4O3. The molecular weight excluding hydrogens is 404 g/mol. The van der Waals surface area contributed by atoms with E-state index >= 15 is 0 Å². The molecule has 3 aromatic rings. The molecule has 2 aliphatic rings. The van der Waals surface area contributed by atoms with Gasteiger partial charge in [-0.3, -0.25) is 4.79 Å². The van der Waals surface area contributed by atoms with Crippen molar-refractivity contribution in [3.05, 3.63) is 77.0 Å². The number of cyclic esters (lactones) is 1. The van der Waals surface area contributed by atoms with Gasteiger partial charge in [0, 0.05) is 35.4 Å². The molecule has 3 N–H and O–H groups in total. The Kier molecular flexibility index (Phi) is 4.81. The maximum absolute atomic E-state index is 13.1. The highest BCUT2D eigenvalue weighted by Crippen LogP contribution is 2.38. The third kappa shape index (κ3) is 3.56. The van der Waals surface area contributed by atoms with Crippen LogP contribution in [0.1, 0.15) is 52.1 Å². The Bertz CT molecular complexity index is 1240. The average Bonchev–Trinajstić information content (AvgIpc) is 3.16. The van der Waals surface area contributed by atoms with E-state index in [-0.39, 0.29) is 23.9 Å². The highest BCUT2D eigenvalue weighted by molar-refractivity contribution is 6.08. The zero-order valence-electron chi connectivity index (χ0n) is 18.0. The number of anilines is 4. The van der Waals surface area contributed by atoms with Crippen LogP contribution in [0.5, 0.6) is 0 Å². The summed E-state index contributed by atoms with van der Waals surface area (Å²) in [6.07, 6.45) is 2.69. The Morgan fingerprint density at radius 3 is 2.91 bits per heavy atom. The molecule has 0 saturated heterocycles. The van der Waals surface area contributed by atoms with Crippen LogP contribution in [0.15, 0.2) is 54.7 Å². The minimum absolute atomic E-state index is 0.102. The van der Waals surface area contributed by atoms with Gasteiger partial charge in [-0.15, -0.1) is 0 Å². The zero-order chi connectivity index (χ0) is 22.3. The standard InChI is InChI=1S/C25H24N4O3/c1-25(2)10-12-26-21-13-15(8-9-19(21)25)28-23(30)17-6-4-11-27-22(17)29-20-7-3-5-16-18(20)14-32-24(16)31/h3-9,11,13,26H,10,12,14H2,1-2H3,(H,27,29)(H,28,30).